The number of benzene rings is 2. The lowest BCUT2D eigenvalue weighted by Crippen LogP contribution is -2.26. The molecule has 0 atom stereocenters. The number of halogens is 1. The number of carbonyl (C=O) groups excluding carboxylic acids is 1. The first-order valence-electron chi connectivity index (χ1n) is 11.0. The molecule has 0 bridgehead atoms. The summed E-state index contributed by atoms with van der Waals surface area (Å²) in [6, 6.07) is 14.5. The molecule has 0 spiro atoms. The van der Waals surface area contributed by atoms with E-state index in [2.05, 4.69) is 41.6 Å². The average Bonchev–Trinajstić information content (AvgIpc) is 3.35. The van der Waals surface area contributed by atoms with Crippen LogP contribution in [-0.2, 0) is 17.8 Å². The van der Waals surface area contributed by atoms with Crippen molar-refractivity contribution in [3.8, 4) is 11.3 Å². The van der Waals surface area contributed by atoms with E-state index in [4.69, 9.17) is 16.0 Å². The summed E-state index contributed by atoms with van der Waals surface area (Å²) in [7, 11) is 0. The van der Waals surface area contributed by atoms with Gasteiger partial charge in [0.2, 0.25) is 0 Å². The highest BCUT2D eigenvalue weighted by molar-refractivity contribution is 6.30. The molecule has 0 aliphatic heterocycles. The highest BCUT2D eigenvalue weighted by Crippen LogP contribution is 2.40. The van der Waals surface area contributed by atoms with E-state index in [0.717, 1.165) is 33.5 Å². The summed E-state index contributed by atoms with van der Waals surface area (Å²) < 4.78 is 8.11. The zero-order valence-corrected chi connectivity index (χ0v) is 20.0. The summed E-state index contributed by atoms with van der Waals surface area (Å²) in [5, 5.41) is 1.84. The van der Waals surface area contributed by atoms with Gasteiger partial charge in [0.15, 0.2) is 12.2 Å². The quantitative estimate of drug-likeness (QED) is 0.298. The Balaban J connectivity index is 2.01. The molecule has 0 N–H and O–H groups in total. The predicted octanol–water partition coefficient (Wildman–Crippen LogP) is 7.28. The Morgan fingerprint density at radius 3 is 2.47 bits per heavy atom. The molecule has 4 nitrogen and oxygen atoms in total. The largest absolute Gasteiger partial charge is 0.443 e. The van der Waals surface area contributed by atoms with E-state index in [9.17, 15) is 4.79 Å². The Morgan fingerprint density at radius 1 is 1.16 bits per heavy atom. The molecule has 0 radical (unpaired) electrons. The van der Waals surface area contributed by atoms with Crippen molar-refractivity contribution in [3.63, 3.8) is 0 Å². The minimum atomic E-state index is -0.512. The maximum absolute atomic E-state index is 12.5. The molecular formula is C27H29ClN2O2. The lowest BCUT2D eigenvalue weighted by atomic mass is 9.82. The highest BCUT2D eigenvalue weighted by atomic mass is 35.5. The number of carbonyl (C=O) groups is 1. The Bertz CT molecular complexity index is 1250. The number of hydrogen-bond donors (Lipinski definition) is 0. The summed E-state index contributed by atoms with van der Waals surface area (Å²) in [4.78, 5) is 16.7. The fraction of sp³-hybridized carbons (Fsp3) is 0.333. The molecule has 2 aromatic carbocycles. The predicted molar refractivity (Wildman–Crippen MR) is 130 cm³/mol. The van der Waals surface area contributed by atoms with E-state index in [1.807, 2.05) is 38.1 Å². The van der Waals surface area contributed by atoms with Gasteiger partial charge in [-0.3, -0.25) is 4.79 Å². The van der Waals surface area contributed by atoms with Crippen LogP contribution in [0.15, 0.2) is 59.5 Å². The molecule has 32 heavy (non-hydrogen) atoms. The maximum atomic E-state index is 12.5. The summed E-state index contributed by atoms with van der Waals surface area (Å²) in [6.07, 6.45) is 3.81. The third-order valence-electron chi connectivity index (χ3n) is 6.36. The number of nitrogens with zero attached hydrogens (tertiary/aromatic N) is 2. The van der Waals surface area contributed by atoms with Crippen molar-refractivity contribution >= 4 is 28.3 Å². The fourth-order valence-electron chi connectivity index (χ4n) is 4.08. The Labute approximate surface area is 194 Å². The van der Waals surface area contributed by atoms with Crippen LogP contribution >= 0.6 is 11.6 Å². The van der Waals surface area contributed by atoms with Crippen molar-refractivity contribution < 1.29 is 9.21 Å². The van der Waals surface area contributed by atoms with E-state index in [-0.39, 0.29) is 5.78 Å². The standard InChI is InChI=1S/C27H29ClN2O2/c1-17(2)20-8-11-23-22(12-20)26(25-14-29-16-32-25)24(13-27(4,5)18(3)31)30(23)15-19-6-9-21(28)10-7-19/h6-12,14,16-17H,13,15H2,1-5H3. The third-order valence-corrected chi connectivity index (χ3v) is 6.61. The maximum Gasteiger partial charge on any atom is 0.181 e. The van der Waals surface area contributed by atoms with Gasteiger partial charge in [0.1, 0.15) is 5.78 Å². The zero-order valence-electron chi connectivity index (χ0n) is 19.3. The number of ketones is 1. The second kappa shape index (κ2) is 8.59. The number of rotatable bonds is 7. The van der Waals surface area contributed by atoms with Crippen LogP contribution in [0.1, 0.15) is 57.4 Å². The van der Waals surface area contributed by atoms with E-state index in [1.165, 1.54) is 12.0 Å². The normalized spacial score (nSPS) is 12.1. The van der Waals surface area contributed by atoms with Gasteiger partial charge in [-0.25, -0.2) is 4.98 Å². The Kier molecular flexibility index (Phi) is 6.00. The second-order valence-electron chi connectivity index (χ2n) is 9.45. The first kappa shape index (κ1) is 22.3. The topological polar surface area (TPSA) is 48.0 Å². The summed E-state index contributed by atoms with van der Waals surface area (Å²) in [5.41, 5.74) is 5.10. The first-order valence-corrected chi connectivity index (χ1v) is 11.3. The lowest BCUT2D eigenvalue weighted by molar-refractivity contribution is -0.124. The molecule has 0 aliphatic rings. The van der Waals surface area contributed by atoms with Crippen LogP contribution in [-0.4, -0.2) is 15.3 Å². The van der Waals surface area contributed by atoms with Crippen molar-refractivity contribution in [2.75, 3.05) is 0 Å². The molecule has 0 saturated carbocycles. The van der Waals surface area contributed by atoms with Gasteiger partial charge in [-0.15, -0.1) is 0 Å². The van der Waals surface area contributed by atoms with Crippen LogP contribution in [0, 0.1) is 5.41 Å². The van der Waals surface area contributed by atoms with Crippen LogP contribution < -0.4 is 0 Å². The molecule has 5 heteroatoms. The molecule has 0 unspecified atom stereocenters. The molecule has 4 rings (SSSR count). The van der Waals surface area contributed by atoms with Crippen LogP contribution in [0.3, 0.4) is 0 Å². The minimum absolute atomic E-state index is 0.159. The molecule has 0 aliphatic carbocycles. The van der Waals surface area contributed by atoms with Gasteiger partial charge < -0.3 is 8.98 Å². The average molecular weight is 449 g/mol. The van der Waals surface area contributed by atoms with E-state index < -0.39 is 5.41 Å². The van der Waals surface area contributed by atoms with E-state index >= 15 is 0 Å². The number of fused-ring (bicyclic) bond motifs is 1. The van der Waals surface area contributed by atoms with Crippen LogP contribution in [0.4, 0.5) is 0 Å². The van der Waals surface area contributed by atoms with Crippen LogP contribution in [0.2, 0.25) is 5.02 Å². The van der Waals surface area contributed by atoms with Gasteiger partial charge in [-0.05, 0) is 48.2 Å². The molecule has 2 heterocycles. The molecule has 0 amide bonds. The fourth-order valence-corrected chi connectivity index (χ4v) is 4.20. The second-order valence-corrected chi connectivity index (χ2v) is 9.88. The Morgan fingerprint density at radius 2 is 1.88 bits per heavy atom. The Hall–Kier alpha value is -2.85. The van der Waals surface area contributed by atoms with Gasteiger partial charge >= 0.3 is 0 Å². The van der Waals surface area contributed by atoms with E-state index in [0.29, 0.717) is 23.9 Å². The summed E-state index contributed by atoms with van der Waals surface area (Å²) in [5.74, 6) is 1.28. The smallest absolute Gasteiger partial charge is 0.181 e. The molecule has 0 saturated heterocycles. The van der Waals surface area contributed by atoms with Crippen LogP contribution in [0.5, 0.6) is 0 Å². The highest BCUT2D eigenvalue weighted by Gasteiger charge is 2.30. The van der Waals surface area contributed by atoms with Gasteiger partial charge in [0.05, 0.1) is 6.20 Å². The number of aromatic nitrogens is 2. The van der Waals surface area contributed by atoms with Gasteiger partial charge in [-0.1, -0.05) is 57.5 Å². The van der Waals surface area contributed by atoms with Crippen molar-refractivity contribution in [2.24, 2.45) is 5.41 Å². The summed E-state index contributed by atoms with van der Waals surface area (Å²) in [6.45, 7) is 10.7. The van der Waals surface area contributed by atoms with Crippen molar-refractivity contribution in [2.45, 2.75) is 53.5 Å². The molecule has 0 fully saturated rings. The molecule has 166 valence electrons. The monoisotopic (exact) mass is 448 g/mol. The molecule has 4 aromatic rings. The third kappa shape index (κ3) is 4.24. The number of oxazole rings is 1. The van der Waals surface area contributed by atoms with Crippen LogP contribution in [0.25, 0.3) is 22.2 Å². The van der Waals surface area contributed by atoms with Crippen molar-refractivity contribution in [1.82, 2.24) is 9.55 Å². The van der Waals surface area contributed by atoms with Crippen molar-refractivity contribution in [3.05, 3.63) is 76.9 Å². The number of Topliss-reactive ketones (excluding diaryl/α,β-unsaturated/α-hetero) is 1. The van der Waals surface area contributed by atoms with E-state index in [1.54, 1.807) is 13.1 Å². The lowest BCUT2D eigenvalue weighted by Gasteiger charge is -2.23. The van der Waals surface area contributed by atoms with Gasteiger partial charge in [0, 0.05) is 45.6 Å². The van der Waals surface area contributed by atoms with Crippen molar-refractivity contribution in [1.29, 1.82) is 0 Å². The molecule has 2 aromatic heterocycles. The SMILES string of the molecule is CC(=O)C(C)(C)Cc1c(-c2cnco2)c2cc(C(C)C)ccc2n1Cc1ccc(Cl)cc1. The van der Waals surface area contributed by atoms with Gasteiger partial charge in [0.25, 0.3) is 0 Å². The zero-order chi connectivity index (χ0) is 23.0. The molecular weight excluding hydrogens is 420 g/mol. The number of hydrogen-bond acceptors (Lipinski definition) is 3. The minimum Gasteiger partial charge on any atom is -0.443 e. The first-order chi connectivity index (χ1) is 15.2. The summed E-state index contributed by atoms with van der Waals surface area (Å²) >= 11 is 6.12. The van der Waals surface area contributed by atoms with Gasteiger partial charge in [-0.2, -0.15) is 0 Å².